The fourth-order valence-corrected chi connectivity index (χ4v) is 7.22. The molecular formula is C44H27N5. The lowest BCUT2D eigenvalue weighted by Crippen LogP contribution is -1.97. The zero-order valence-electron chi connectivity index (χ0n) is 26.3. The molecule has 0 fully saturated rings. The maximum Gasteiger partial charge on any atom is 0.0991 e. The molecule has 0 unspecified atom stereocenters. The van der Waals surface area contributed by atoms with Crippen LogP contribution in [0.2, 0.25) is 0 Å². The minimum absolute atomic E-state index is 0.611. The second kappa shape index (κ2) is 11.0. The van der Waals surface area contributed by atoms with Crippen LogP contribution < -0.4 is 5.73 Å². The first-order chi connectivity index (χ1) is 24.1. The van der Waals surface area contributed by atoms with Gasteiger partial charge in [-0.05, 0) is 113 Å². The largest absolute Gasteiger partial charge is 0.399 e. The minimum Gasteiger partial charge on any atom is -0.399 e. The van der Waals surface area contributed by atoms with Gasteiger partial charge in [0.15, 0.2) is 0 Å². The number of para-hydroxylation sites is 2. The van der Waals surface area contributed by atoms with Gasteiger partial charge in [-0.2, -0.15) is 10.5 Å². The van der Waals surface area contributed by atoms with Gasteiger partial charge in [0.05, 0.1) is 45.3 Å². The minimum atomic E-state index is 0.611. The Hall–Kier alpha value is -7.08. The first-order valence-corrected chi connectivity index (χ1v) is 16.1. The lowest BCUT2D eigenvalue weighted by Gasteiger charge is -2.15. The predicted octanol–water partition coefficient (Wildman–Crippen LogP) is 10.5. The molecule has 0 spiro atoms. The van der Waals surface area contributed by atoms with Crippen LogP contribution in [0.25, 0.3) is 77.2 Å². The second-order valence-electron chi connectivity index (χ2n) is 12.3. The van der Waals surface area contributed by atoms with Gasteiger partial charge >= 0.3 is 0 Å². The number of nitrogens with two attached hydrogens (primary N) is 1. The average molecular weight is 626 g/mol. The Kier molecular flexibility index (Phi) is 6.34. The van der Waals surface area contributed by atoms with Crippen molar-refractivity contribution in [2.45, 2.75) is 0 Å². The number of aromatic nitrogens is 2. The molecule has 0 saturated carbocycles. The van der Waals surface area contributed by atoms with Crippen LogP contribution in [-0.4, -0.2) is 9.13 Å². The van der Waals surface area contributed by atoms with Crippen molar-refractivity contribution in [3.05, 3.63) is 163 Å². The van der Waals surface area contributed by atoms with Crippen LogP contribution in [0, 0.1) is 22.7 Å². The number of hydrogen-bond acceptors (Lipinski definition) is 3. The molecule has 0 bridgehead atoms. The third kappa shape index (κ3) is 4.53. The topological polar surface area (TPSA) is 83.5 Å². The molecule has 7 aromatic carbocycles. The third-order valence-electron chi connectivity index (χ3n) is 9.46. The van der Waals surface area contributed by atoms with Crippen LogP contribution >= 0.6 is 0 Å². The van der Waals surface area contributed by atoms with Crippen molar-refractivity contribution in [3.63, 3.8) is 0 Å². The molecule has 0 aliphatic carbocycles. The predicted molar refractivity (Wildman–Crippen MR) is 200 cm³/mol. The highest BCUT2D eigenvalue weighted by Gasteiger charge is 2.17. The van der Waals surface area contributed by atoms with Crippen LogP contribution in [0.5, 0.6) is 0 Å². The number of rotatable bonds is 4. The molecule has 2 heterocycles. The van der Waals surface area contributed by atoms with E-state index in [0.717, 1.165) is 66.5 Å². The Bertz CT molecular complexity index is 2800. The molecule has 9 aromatic rings. The third-order valence-corrected chi connectivity index (χ3v) is 9.46. The van der Waals surface area contributed by atoms with E-state index in [4.69, 9.17) is 5.73 Å². The molecule has 2 aromatic heterocycles. The van der Waals surface area contributed by atoms with Crippen molar-refractivity contribution in [3.8, 4) is 45.8 Å². The zero-order chi connectivity index (χ0) is 33.1. The number of nitriles is 2. The first kappa shape index (κ1) is 28.2. The Morgan fingerprint density at radius 1 is 0.388 bits per heavy atom. The van der Waals surface area contributed by atoms with E-state index in [1.165, 1.54) is 10.8 Å². The van der Waals surface area contributed by atoms with Crippen molar-refractivity contribution in [2.24, 2.45) is 0 Å². The van der Waals surface area contributed by atoms with Crippen LogP contribution in [-0.2, 0) is 0 Å². The number of benzene rings is 7. The van der Waals surface area contributed by atoms with Crippen molar-refractivity contribution < 1.29 is 0 Å². The molecule has 0 radical (unpaired) electrons. The zero-order valence-corrected chi connectivity index (χ0v) is 26.3. The van der Waals surface area contributed by atoms with Crippen LogP contribution in [0.1, 0.15) is 11.1 Å². The molecule has 0 aliphatic rings. The highest BCUT2D eigenvalue weighted by molar-refractivity contribution is 6.11. The quantitative estimate of drug-likeness (QED) is 0.198. The van der Waals surface area contributed by atoms with E-state index in [2.05, 4.69) is 118 Å². The summed E-state index contributed by atoms with van der Waals surface area (Å²) in [5.41, 5.74) is 18.8. The number of nitrogens with zero attached hydrogens (tertiary/aromatic N) is 4. The van der Waals surface area contributed by atoms with Gasteiger partial charge in [-0.3, -0.25) is 0 Å². The van der Waals surface area contributed by atoms with E-state index in [0.29, 0.717) is 16.8 Å². The lowest BCUT2D eigenvalue weighted by molar-refractivity contribution is 1.17. The monoisotopic (exact) mass is 625 g/mol. The van der Waals surface area contributed by atoms with E-state index in [1.807, 2.05) is 54.6 Å². The second-order valence-corrected chi connectivity index (χ2v) is 12.3. The number of nitrogen functional groups attached to an aromatic ring is 1. The maximum atomic E-state index is 9.65. The van der Waals surface area contributed by atoms with Crippen LogP contribution in [0.15, 0.2) is 152 Å². The molecular weight excluding hydrogens is 599 g/mol. The number of hydrogen-bond donors (Lipinski definition) is 1. The summed E-state index contributed by atoms with van der Waals surface area (Å²) < 4.78 is 4.59. The Labute approximate surface area is 282 Å². The smallest absolute Gasteiger partial charge is 0.0991 e. The van der Waals surface area contributed by atoms with E-state index in [1.54, 1.807) is 0 Å². The van der Waals surface area contributed by atoms with Gasteiger partial charge in [-0.15, -0.1) is 0 Å². The van der Waals surface area contributed by atoms with Crippen molar-refractivity contribution in [2.75, 3.05) is 5.73 Å². The molecule has 0 atom stereocenters. The Morgan fingerprint density at radius 3 is 1.63 bits per heavy atom. The van der Waals surface area contributed by atoms with E-state index < -0.39 is 0 Å². The van der Waals surface area contributed by atoms with Crippen molar-refractivity contribution >= 4 is 49.3 Å². The standard InChI is InChI=1S/C44H27N5/c45-26-28-12-15-30(16-13-28)32-21-33(24-36(23-32)49-41-10-3-1-8-37(41)38-9-2-4-11-42(38)49)31-6-5-7-35(22-31)48-43-18-14-29(27-46)20-39(43)40-25-34(47)17-19-44(40)48/h1-25H,47H2. The molecule has 0 saturated heterocycles. The molecule has 228 valence electrons. The number of anilines is 1. The highest BCUT2D eigenvalue weighted by Crippen LogP contribution is 2.38. The summed E-state index contributed by atoms with van der Waals surface area (Å²) in [6, 6.07) is 56.5. The fourth-order valence-electron chi connectivity index (χ4n) is 7.22. The van der Waals surface area contributed by atoms with Crippen LogP contribution in [0.4, 0.5) is 5.69 Å². The average Bonchev–Trinajstić information content (AvgIpc) is 3.67. The van der Waals surface area contributed by atoms with Crippen LogP contribution in [0.3, 0.4) is 0 Å². The molecule has 49 heavy (non-hydrogen) atoms. The fraction of sp³-hybridized carbons (Fsp3) is 0. The van der Waals surface area contributed by atoms with Gasteiger partial charge in [-0.1, -0.05) is 60.7 Å². The summed E-state index contributed by atoms with van der Waals surface area (Å²) in [6.45, 7) is 0. The molecule has 2 N–H and O–H groups in total. The molecule has 0 amide bonds. The van der Waals surface area contributed by atoms with Crippen molar-refractivity contribution in [1.29, 1.82) is 10.5 Å². The van der Waals surface area contributed by atoms with Crippen molar-refractivity contribution in [1.82, 2.24) is 9.13 Å². The summed E-state index contributed by atoms with van der Waals surface area (Å²) in [4.78, 5) is 0. The van der Waals surface area contributed by atoms with E-state index >= 15 is 0 Å². The normalized spacial score (nSPS) is 11.3. The highest BCUT2D eigenvalue weighted by atomic mass is 15.0. The van der Waals surface area contributed by atoms with Gasteiger partial charge in [0, 0.05) is 38.6 Å². The Morgan fingerprint density at radius 2 is 0.939 bits per heavy atom. The van der Waals surface area contributed by atoms with Gasteiger partial charge < -0.3 is 14.9 Å². The maximum absolute atomic E-state index is 9.65. The molecule has 0 aliphatic heterocycles. The van der Waals surface area contributed by atoms with E-state index in [9.17, 15) is 10.5 Å². The SMILES string of the molecule is N#Cc1ccc(-c2cc(-c3cccc(-n4c5ccc(N)cc5c5cc(C#N)ccc54)c3)cc(-n3c4ccccc4c4ccccc43)c2)cc1. The summed E-state index contributed by atoms with van der Waals surface area (Å²) >= 11 is 0. The summed E-state index contributed by atoms with van der Waals surface area (Å²) in [5.74, 6) is 0. The molecule has 5 heteroatoms. The Balaban J connectivity index is 1.29. The van der Waals surface area contributed by atoms with Gasteiger partial charge in [0.25, 0.3) is 0 Å². The summed E-state index contributed by atoms with van der Waals surface area (Å²) in [5, 5.41) is 23.5. The first-order valence-electron chi connectivity index (χ1n) is 16.1. The van der Waals surface area contributed by atoms with Gasteiger partial charge in [-0.25, -0.2) is 0 Å². The number of fused-ring (bicyclic) bond motifs is 6. The lowest BCUT2D eigenvalue weighted by atomic mass is 9.97. The molecule has 5 nitrogen and oxygen atoms in total. The van der Waals surface area contributed by atoms with Gasteiger partial charge in [0.1, 0.15) is 0 Å². The van der Waals surface area contributed by atoms with E-state index in [-0.39, 0.29) is 0 Å². The molecule has 9 rings (SSSR count). The summed E-state index contributed by atoms with van der Waals surface area (Å²) in [6.07, 6.45) is 0. The van der Waals surface area contributed by atoms with Gasteiger partial charge in [0.2, 0.25) is 0 Å². The summed E-state index contributed by atoms with van der Waals surface area (Å²) in [7, 11) is 0.